The maximum atomic E-state index is 13.3. The van der Waals surface area contributed by atoms with Crippen LogP contribution in [0.5, 0.6) is 0 Å². The number of carbonyl (C=O) groups excluding carboxylic acids is 1. The standard InChI is InChI=1S/C23H27BrN4O3/c1-15-2-4-17(5-3-15)18-13-28(12-16-6-8-31-9-7-16)14-19(22(18)29)23(30)27-21-11-25-20(24)10-26-21/h2-5,11,13-14,16,20,25-26H,6-10,12H2,1H3,(H,27,30). The summed E-state index contributed by atoms with van der Waals surface area (Å²) in [6.07, 6.45) is 7.18. The van der Waals surface area contributed by atoms with E-state index in [9.17, 15) is 9.59 Å². The number of amides is 1. The fourth-order valence-electron chi connectivity index (χ4n) is 3.82. The fraction of sp³-hybridized carbons (Fsp3) is 0.391. The van der Waals surface area contributed by atoms with Gasteiger partial charge in [0.05, 0.1) is 4.95 Å². The maximum Gasteiger partial charge on any atom is 0.262 e. The van der Waals surface area contributed by atoms with Gasteiger partial charge in [-0.05, 0) is 31.2 Å². The van der Waals surface area contributed by atoms with E-state index >= 15 is 0 Å². The Morgan fingerprint density at radius 2 is 1.97 bits per heavy atom. The van der Waals surface area contributed by atoms with E-state index < -0.39 is 5.91 Å². The molecular formula is C23H27BrN4O3. The van der Waals surface area contributed by atoms with Crippen LogP contribution in [0.2, 0.25) is 0 Å². The van der Waals surface area contributed by atoms with E-state index in [1.54, 1.807) is 12.4 Å². The molecule has 3 heterocycles. The molecule has 1 aromatic heterocycles. The van der Waals surface area contributed by atoms with E-state index in [2.05, 4.69) is 31.9 Å². The molecule has 1 fully saturated rings. The lowest BCUT2D eigenvalue weighted by Gasteiger charge is -2.24. The van der Waals surface area contributed by atoms with Crippen molar-refractivity contribution >= 4 is 21.8 Å². The normalized spacial score (nSPS) is 19.2. The summed E-state index contributed by atoms with van der Waals surface area (Å²) < 4.78 is 7.45. The summed E-state index contributed by atoms with van der Waals surface area (Å²) in [5.41, 5.74) is 2.32. The SMILES string of the molecule is Cc1ccc(-c2cn(CC3CCOCC3)cc(C(=O)NC3=CNC(Br)CN3)c2=O)cc1. The minimum Gasteiger partial charge on any atom is -0.381 e. The van der Waals surface area contributed by atoms with Crippen LogP contribution in [0.3, 0.4) is 0 Å². The van der Waals surface area contributed by atoms with Gasteiger partial charge in [0.25, 0.3) is 5.91 Å². The van der Waals surface area contributed by atoms with E-state index in [0.29, 0.717) is 23.8 Å². The Kier molecular flexibility index (Phi) is 6.77. The highest BCUT2D eigenvalue weighted by Crippen LogP contribution is 2.21. The summed E-state index contributed by atoms with van der Waals surface area (Å²) in [5, 5.41) is 9.02. The zero-order chi connectivity index (χ0) is 21.8. The van der Waals surface area contributed by atoms with Gasteiger partial charge < -0.3 is 25.3 Å². The molecule has 1 saturated heterocycles. The van der Waals surface area contributed by atoms with Gasteiger partial charge in [0.15, 0.2) is 0 Å². The maximum absolute atomic E-state index is 13.3. The Hall–Kier alpha value is -2.58. The topological polar surface area (TPSA) is 84.4 Å². The third-order valence-corrected chi connectivity index (χ3v) is 6.21. The molecule has 1 aromatic carbocycles. The number of ether oxygens (including phenoxy) is 1. The first kappa shape index (κ1) is 21.6. The van der Waals surface area contributed by atoms with Crippen molar-refractivity contribution in [3.05, 3.63) is 70.0 Å². The van der Waals surface area contributed by atoms with Crippen molar-refractivity contribution in [1.82, 2.24) is 20.5 Å². The number of aryl methyl sites for hydroxylation is 1. The van der Waals surface area contributed by atoms with Crippen molar-refractivity contribution in [3.8, 4) is 11.1 Å². The highest BCUT2D eigenvalue weighted by atomic mass is 79.9. The Balaban J connectivity index is 1.67. The molecule has 0 radical (unpaired) electrons. The summed E-state index contributed by atoms with van der Waals surface area (Å²) in [5.74, 6) is 0.575. The number of nitrogens with zero attached hydrogens (tertiary/aromatic N) is 1. The molecule has 4 rings (SSSR count). The number of hydrogen-bond donors (Lipinski definition) is 3. The van der Waals surface area contributed by atoms with Crippen molar-refractivity contribution in [2.24, 2.45) is 5.92 Å². The molecule has 0 saturated carbocycles. The zero-order valence-corrected chi connectivity index (χ0v) is 19.1. The number of carbonyl (C=O) groups is 1. The summed E-state index contributed by atoms with van der Waals surface area (Å²) in [6, 6.07) is 7.81. The summed E-state index contributed by atoms with van der Waals surface area (Å²) >= 11 is 3.44. The van der Waals surface area contributed by atoms with E-state index in [0.717, 1.165) is 43.7 Å². The van der Waals surface area contributed by atoms with Gasteiger partial charge in [-0.1, -0.05) is 45.8 Å². The first-order valence-electron chi connectivity index (χ1n) is 10.5. The number of alkyl halides is 1. The lowest BCUT2D eigenvalue weighted by atomic mass is 9.99. The third-order valence-electron chi connectivity index (χ3n) is 5.62. The second-order valence-electron chi connectivity index (χ2n) is 8.06. The van der Waals surface area contributed by atoms with Crippen LogP contribution >= 0.6 is 15.9 Å². The van der Waals surface area contributed by atoms with Crippen molar-refractivity contribution in [2.75, 3.05) is 19.8 Å². The number of aromatic nitrogens is 1. The van der Waals surface area contributed by atoms with Gasteiger partial charge in [0.1, 0.15) is 11.4 Å². The van der Waals surface area contributed by atoms with Crippen LogP contribution in [0, 0.1) is 12.8 Å². The van der Waals surface area contributed by atoms with Crippen LogP contribution in [0.4, 0.5) is 0 Å². The van der Waals surface area contributed by atoms with E-state index in [1.807, 2.05) is 42.0 Å². The van der Waals surface area contributed by atoms with Crippen molar-refractivity contribution in [3.63, 3.8) is 0 Å². The minimum atomic E-state index is -0.423. The van der Waals surface area contributed by atoms with Gasteiger partial charge in [-0.25, -0.2) is 0 Å². The Morgan fingerprint density at radius 3 is 2.65 bits per heavy atom. The minimum absolute atomic E-state index is 0.0923. The molecule has 0 bridgehead atoms. The number of benzene rings is 1. The molecule has 1 amide bonds. The van der Waals surface area contributed by atoms with Crippen LogP contribution in [0.1, 0.15) is 28.8 Å². The fourth-order valence-corrected chi connectivity index (χ4v) is 4.11. The van der Waals surface area contributed by atoms with Crippen LogP contribution in [-0.4, -0.2) is 35.2 Å². The average Bonchev–Trinajstić information content (AvgIpc) is 2.78. The average molecular weight is 487 g/mol. The Labute approximate surface area is 190 Å². The highest BCUT2D eigenvalue weighted by Gasteiger charge is 2.20. The van der Waals surface area contributed by atoms with Gasteiger partial charge in [-0.15, -0.1) is 0 Å². The van der Waals surface area contributed by atoms with Crippen molar-refractivity contribution in [1.29, 1.82) is 0 Å². The van der Waals surface area contributed by atoms with Gasteiger partial charge in [-0.3, -0.25) is 9.59 Å². The molecule has 0 spiro atoms. The summed E-state index contributed by atoms with van der Waals surface area (Å²) in [7, 11) is 0. The molecule has 2 aliphatic heterocycles. The molecule has 7 nitrogen and oxygen atoms in total. The van der Waals surface area contributed by atoms with Gasteiger partial charge in [0, 0.05) is 50.5 Å². The second-order valence-corrected chi connectivity index (χ2v) is 9.17. The smallest absolute Gasteiger partial charge is 0.262 e. The van der Waals surface area contributed by atoms with Gasteiger partial charge in [-0.2, -0.15) is 0 Å². The first-order chi connectivity index (χ1) is 15.0. The summed E-state index contributed by atoms with van der Waals surface area (Å²) in [4.78, 5) is 26.4. The molecular weight excluding hydrogens is 460 g/mol. The quantitative estimate of drug-likeness (QED) is 0.446. The molecule has 2 aromatic rings. The summed E-state index contributed by atoms with van der Waals surface area (Å²) in [6.45, 7) is 4.88. The van der Waals surface area contributed by atoms with Crippen LogP contribution in [0.15, 0.2) is 53.5 Å². The van der Waals surface area contributed by atoms with Crippen LogP contribution in [-0.2, 0) is 11.3 Å². The third kappa shape index (κ3) is 5.37. The van der Waals surface area contributed by atoms with Crippen molar-refractivity contribution in [2.45, 2.75) is 31.3 Å². The van der Waals surface area contributed by atoms with E-state index in [4.69, 9.17) is 4.74 Å². The van der Waals surface area contributed by atoms with E-state index in [-0.39, 0.29) is 15.9 Å². The largest absolute Gasteiger partial charge is 0.381 e. The molecule has 8 heteroatoms. The molecule has 31 heavy (non-hydrogen) atoms. The number of nitrogens with one attached hydrogen (secondary N) is 3. The molecule has 2 aliphatic rings. The monoisotopic (exact) mass is 486 g/mol. The first-order valence-corrected chi connectivity index (χ1v) is 11.5. The number of halogens is 1. The molecule has 3 N–H and O–H groups in total. The lowest BCUT2D eigenvalue weighted by Crippen LogP contribution is -2.43. The molecule has 1 unspecified atom stereocenters. The van der Waals surface area contributed by atoms with E-state index in [1.165, 1.54) is 0 Å². The predicted molar refractivity (Wildman–Crippen MR) is 124 cm³/mol. The van der Waals surface area contributed by atoms with Gasteiger partial charge in [0.2, 0.25) is 5.43 Å². The Morgan fingerprint density at radius 1 is 1.23 bits per heavy atom. The van der Waals surface area contributed by atoms with Gasteiger partial charge >= 0.3 is 0 Å². The Bertz CT molecular complexity index is 1030. The number of hydrogen-bond acceptors (Lipinski definition) is 5. The van der Waals surface area contributed by atoms with Crippen LogP contribution in [0.25, 0.3) is 11.1 Å². The molecule has 164 valence electrons. The highest BCUT2D eigenvalue weighted by molar-refractivity contribution is 9.09. The zero-order valence-electron chi connectivity index (χ0n) is 17.5. The number of rotatable bonds is 5. The predicted octanol–water partition coefficient (Wildman–Crippen LogP) is 2.69. The number of pyridine rings is 1. The second kappa shape index (κ2) is 9.70. The molecule has 1 atom stereocenters. The molecule has 0 aliphatic carbocycles. The van der Waals surface area contributed by atoms with Crippen molar-refractivity contribution < 1.29 is 9.53 Å². The van der Waals surface area contributed by atoms with Crippen LogP contribution < -0.4 is 21.4 Å². The lowest BCUT2D eigenvalue weighted by molar-refractivity contribution is 0.0611.